The molecule has 0 radical (unpaired) electrons. The molecule has 0 spiro atoms. The molecule has 3 heteroatoms. The molecule has 0 atom stereocenters. The Morgan fingerprint density at radius 2 is 2.15 bits per heavy atom. The Balaban J connectivity index is 3.78. The van der Waals surface area contributed by atoms with Crippen molar-refractivity contribution in [1.82, 2.24) is 0 Å². The van der Waals surface area contributed by atoms with Crippen molar-refractivity contribution in [3.63, 3.8) is 0 Å². The van der Waals surface area contributed by atoms with E-state index in [-0.39, 0.29) is 5.97 Å². The number of hydrogen-bond donors (Lipinski definition) is 0. The number of carbonyl (C=O) groups is 1. The van der Waals surface area contributed by atoms with E-state index in [0.717, 1.165) is 5.76 Å². The third-order valence-electron chi connectivity index (χ3n) is 1.45. The molecule has 0 saturated carbocycles. The van der Waals surface area contributed by atoms with E-state index >= 15 is 0 Å². The molecule has 0 N–H and O–H groups in total. The van der Waals surface area contributed by atoms with Gasteiger partial charge in [0.15, 0.2) is 0 Å². The Kier molecular flexibility index (Phi) is 6.69. The molecule has 0 rings (SSSR count). The van der Waals surface area contributed by atoms with E-state index in [0.29, 0.717) is 19.4 Å². The zero-order valence-corrected chi connectivity index (χ0v) is 8.21. The lowest BCUT2D eigenvalue weighted by atomic mass is 10.2. The third-order valence-corrected chi connectivity index (χ3v) is 1.45. The van der Waals surface area contributed by atoms with Crippen molar-refractivity contribution in [1.29, 1.82) is 0 Å². The van der Waals surface area contributed by atoms with Gasteiger partial charge in [0, 0.05) is 6.42 Å². The molecule has 13 heavy (non-hydrogen) atoms. The van der Waals surface area contributed by atoms with E-state index in [1.165, 1.54) is 0 Å². The minimum absolute atomic E-state index is 0.200. The topological polar surface area (TPSA) is 35.5 Å². The first-order valence-corrected chi connectivity index (χ1v) is 4.25. The lowest BCUT2D eigenvalue weighted by molar-refractivity contribution is -0.143. The fourth-order valence-electron chi connectivity index (χ4n) is 0.843. The Morgan fingerprint density at radius 3 is 2.62 bits per heavy atom. The Hall–Kier alpha value is -1.25. The Bertz CT molecular complexity index is 194. The highest BCUT2D eigenvalue weighted by atomic mass is 16.5. The predicted octanol–water partition coefficient (Wildman–Crippen LogP) is 2.05. The molecule has 3 nitrogen and oxygen atoms in total. The van der Waals surface area contributed by atoms with Crippen molar-refractivity contribution in [2.24, 2.45) is 0 Å². The molecular formula is C10H16O3. The molecule has 0 aliphatic carbocycles. The van der Waals surface area contributed by atoms with Crippen molar-refractivity contribution < 1.29 is 14.3 Å². The molecule has 0 aliphatic heterocycles. The van der Waals surface area contributed by atoms with Crippen LogP contribution in [0.25, 0.3) is 0 Å². The minimum Gasteiger partial charge on any atom is -0.501 e. The molecule has 0 bridgehead atoms. The van der Waals surface area contributed by atoms with Crippen LogP contribution in [0, 0.1) is 0 Å². The molecule has 0 aliphatic rings. The van der Waals surface area contributed by atoms with Gasteiger partial charge >= 0.3 is 5.97 Å². The van der Waals surface area contributed by atoms with Crippen LogP contribution in [0.5, 0.6) is 0 Å². The number of rotatable bonds is 6. The second-order valence-electron chi connectivity index (χ2n) is 2.38. The molecule has 0 aromatic heterocycles. The first-order chi connectivity index (χ1) is 6.24. The van der Waals surface area contributed by atoms with Crippen LogP contribution in [-0.4, -0.2) is 19.7 Å². The van der Waals surface area contributed by atoms with Crippen molar-refractivity contribution >= 4 is 5.97 Å². The standard InChI is InChI=1S/C10H16O3/c1-4-6-9(12-3)7-8-10(11)13-5-2/h4,6H,1,5,7-8H2,2-3H3/b9-6-. The van der Waals surface area contributed by atoms with Gasteiger partial charge < -0.3 is 9.47 Å². The lowest BCUT2D eigenvalue weighted by Crippen LogP contribution is -2.04. The van der Waals surface area contributed by atoms with Crippen molar-refractivity contribution in [3.8, 4) is 0 Å². The summed E-state index contributed by atoms with van der Waals surface area (Å²) in [5, 5.41) is 0. The molecular weight excluding hydrogens is 168 g/mol. The van der Waals surface area contributed by atoms with Gasteiger partial charge in [0.2, 0.25) is 0 Å². The fraction of sp³-hybridized carbons (Fsp3) is 0.500. The summed E-state index contributed by atoms with van der Waals surface area (Å²) in [7, 11) is 1.57. The molecule has 0 heterocycles. The molecule has 74 valence electrons. The summed E-state index contributed by atoms with van der Waals surface area (Å²) in [4.78, 5) is 10.9. The maximum Gasteiger partial charge on any atom is 0.306 e. The van der Waals surface area contributed by atoms with Gasteiger partial charge in [-0.2, -0.15) is 0 Å². The number of methoxy groups -OCH3 is 1. The van der Waals surface area contributed by atoms with E-state index in [2.05, 4.69) is 6.58 Å². The maximum absolute atomic E-state index is 10.9. The van der Waals surface area contributed by atoms with E-state index < -0.39 is 0 Å². The molecule has 0 amide bonds. The van der Waals surface area contributed by atoms with Crippen molar-refractivity contribution in [2.45, 2.75) is 19.8 Å². The zero-order chi connectivity index (χ0) is 10.1. The quantitative estimate of drug-likeness (QED) is 0.360. The summed E-state index contributed by atoms with van der Waals surface area (Å²) < 4.78 is 9.77. The van der Waals surface area contributed by atoms with Gasteiger partial charge in [-0.1, -0.05) is 12.7 Å². The van der Waals surface area contributed by atoms with Crippen molar-refractivity contribution in [2.75, 3.05) is 13.7 Å². The highest BCUT2D eigenvalue weighted by Gasteiger charge is 2.03. The number of ether oxygens (including phenoxy) is 2. The SMILES string of the molecule is C=C/C=C(/CCC(=O)OCC)OC. The number of carbonyl (C=O) groups excluding carboxylic acids is 1. The molecule has 0 aromatic rings. The summed E-state index contributed by atoms with van der Waals surface area (Å²) >= 11 is 0. The normalized spacial score (nSPS) is 10.8. The first-order valence-electron chi connectivity index (χ1n) is 4.25. The van der Waals surface area contributed by atoms with Gasteiger partial charge in [0.05, 0.1) is 25.9 Å². The van der Waals surface area contributed by atoms with Gasteiger partial charge in [-0.15, -0.1) is 0 Å². The lowest BCUT2D eigenvalue weighted by Gasteiger charge is -2.04. The average molecular weight is 184 g/mol. The van der Waals surface area contributed by atoms with Gasteiger partial charge in [0.1, 0.15) is 0 Å². The van der Waals surface area contributed by atoms with Crippen LogP contribution in [0.15, 0.2) is 24.5 Å². The van der Waals surface area contributed by atoms with Crippen LogP contribution in [0.4, 0.5) is 0 Å². The second kappa shape index (κ2) is 7.40. The third kappa shape index (κ3) is 5.96. The number of allylic oxidation sites excluding steroid dienone is 3. The van der Waals surface area contributed by atoms with Crippen LogP contribution < -0.4 is 0 Å². The highest BCUT2D eigenvalue weighted by Crippen LogP contribution is 2.06. The van der Waals surface area contributed by atoms with Crippen molar-refractivity contribution in [3.05, 3.63) is 24.5 Å². The summed E-state index contributed by atoms with van der Waals surface area (Å²) in [6.45, 7) is 5.75. The fourth-order valence-corrected chi connectivity index (χ4v) is 0.843. The molecule has 0 unspecified atom stereocenters. The van der Waals surface area contributed by atoms with Gasteiger partial charge in [-0.05, 0) is 13.0 Å². The summed E-state index contributed by atoms with van der Waals surface area (Å²) in [6, 6.07) is 0. The van der Waals surface area contributed by atoms with Crippen LogP contribution in [0.3, 0.4) is 0 Å². The Labute approximate surface area is 79.0 Å². The monoisotopic (exact) mass is 184 g/mol. The van der Waals surface area contributed by atoms with E-state index in [4.69, 9.17) is 9.47 Å². The average Bonchev–Trinajstić information content (AvgIpc) is 2.12. The Morgan fingerprint density at radius 1 is 1.46 bits per heavy atom. The second-order valence-corrected chi connectivity index (χ2v) is 2.38. The van der Waals surface area contributed by atoms with Crippen LogP contribution in [-0.2, 0) is 14.3 Å². The smallest absolute Gasteiger partial charge is 0.306 e. The van der Waals surface area contributed by atoms with Crippen LogP contribution in [0.1, 0.15) is 19.8 Å². The first kappa shape index (κ1) is 11.8. The summed E-state index contributed by atoms with van der Waals surface area (Å²) in [5.41, 5.74) is 0. The van der Waals surface area contributed by atoms with Crippen LogP contribution >= 0.6 is 0 Å². The van der Waals surface area contributed by atoms with Gasteiger partial charge in [0.25, 0.3) is 0 Å². The maximum atomic E-state index is 10.9. The van der Waals surface area contributed by atoms with E-state index in [9.17, 15) is 4.79 Å². The molecule has 0 aromatic carbocycles. The van der Waals surface area contributed by atoms with Crippen LogP contribution in [0.2, 0.25) is 0 Å². The summed E-state index contributed by atoms with van der Waals surface area (Å²) in [6.07, 6.45) is 4.27. The summed E-state index contributed by atoms with van der Waals surface area (Å²) in [5.74, 6) is 0.539. The molecule has 0 fully saturated rings. The minimum atomic E-state index is -0.200. The van der Waals surface area contributed by atoms with Gasteiger partial charge in [-0.3, -0.25) is 4.79 Å². The van der Waals surface area contributed by atoms with Gasteiger partial charge in [-0.25, -0.2) is 0 Å². The van der Waals surface area contributed by atoms with E-state index in [1.807, 2.05) is 0 Å². The largest absolute Gasteiger partial charge is 0.501 e. The number of esters is 1. The number of hydrogen-bond acceptors (Lipinski definition) is 3. The zero-order valence-electron chi connectivity index (χ0n) is 8.21. The molecule has 0 saturated heterocycles. The predicted molar refractivity (Wildman–Crippen MR) is 51.2 cm³/mol. The highest BCUT2D eigenvalue weighted by molar-refractivity contribution is 5.69. The van der Waals surface area contributed by atoms with E-state index in [1.54, 1.807) is 26.2 Å².